The van der Waals surface area contributed by atoms with Gasteiger partial charge in [0, 0.05) is 17.3 Å². The molecule has 1 aromatic carbocycles. The molecule has 0 aromatic heterocycles. The molecule has 0 amide bonds. The molecule has 3 saturated heterocycles. The van der Waals surface area contributed by atoms with Crippen molar-refractivity contribution < 1.29 is 73.4 Å². The highest BCUT2D eigenvalue weighted by Crippen LogP contribution is 2.72. The number of aliphatic hydroxyl groups excluding tert-OH is 6. The third-order valence-corrected chi connectivity index (χ3v) is 11.9. The van der Waals surface area contributed by atoms with Crippen LogP contribution in [-0.4, -0.2) is 129 Å². The van der Waals surface area contributed by atoms with E-state index in [4.69, 9.17) is 28.4 Å². The van der Waals surface area contributed by atoms with Gasteiger partial charge in [0.05, 0.1) is 32.3 Å². The zero-order chi connectivity index (χ0) is 34.5. The second-order valence-corrected chi connectivity index (χ2v) is 14.0. The fourth-order valence-corrected chi connectivity index (χ4v) is 9.82. The molecule has 1 aromatic rings. The van der Waals surface area contributed by atoms with Gasteiger partial charge < -0.3 is 59.1 Å². The van der Waals surface area contributed by atoms with Crippen LogP contribution in [0, 0.1) is 34.5 Å². The van der Waals surface area contributed by atoms with Crippen molar-refractivity contribution in [3.63, 3.8) is 0 Å². The van der Waals surface area contributed by atoms with Gasteiger partial charge in [0.2, 0.25) is 18.0 Å². The van der Waals surface area contributed by atoms with Crippen molar-refractivity contribution in [3.8, 4) is 5.75 Å². The molecule has 16 atom stereocenters. The lowest BCUT2D eigenvalue weighted by molar-refractivity contribution is -0.295. The molecule has 7 rings (SSSR count). The van der Waals surface area contributed by atoms with Crippen LogP contribution in [0.3, 0.4) is 0 Å². The molecule has 3 aliphatic carbocycles. The fourth-order valence-electron chi connectivity index (χ4n) is 9.82. The molecule has 3 aliphatic heterocycles. The number of ether oxygens (including phenoxy) is 6. The number of hydrogen-bond acceptors (Lipinski definition) is 15. The van der Waals surface area contributed by atoms with Crippen LogP contribution >= 0.6 is 0 Å². The number of para-hydroxylation sites is 1. The van der Waals surface area contributed by atoms with E-state index in [0.717, 1.165) is 7.11 Å². The number of aliphatic hydroxyl groups is 6. The molecule has 48 heavy (non-hydrogen) atoms. The molecular formula is C33H40O15. The van der Waals surface area contributed by atoms with Crippen LogP contribution in [0.25, 0.3) is 0 Å². The van der Waals surface area contributed by atoms with Gasteiger partial charge in [-0.15, -0.1) is 0 Å². The summed E-state index contributed by atoms with van der Waals surface area (Å²) in [4.78, 5) is 41.3. The van der Waals surface area contributed by atoms with E-state index >= 15 is 0 Å². The average molecular weight is 677 g/mol. The molecule has 1 spiro atoms. The number of ketones is 1. The Balaban J connectivity index is 1.35. The van der Waals surface area contributed by atoms with Crippen LogP contribution in [0.4, 0.5) is 0 Å². The Bertz CT molecular complexity index is 1500. The van der Waals surface area contributed by atoms with Gasteiger partial charge >= 0.3 is 11.9 Å². The van der Waals surface area contributed by atoms with Crippen LogP contribution < -0.4 is 4.74 Å². The van der Waals surface area contributed by atoms with E-state index in [9.17, 15) is 45.0 Å². The molecule has 2 bridgehead atoms. The van der Waals surface area contributed by atoms with Crippen molar-refractivity contribution in [1.82, 2.24) is 0 Å². The molecule has 6 aliphatic rings. The smallest absolute Gasteiger partial charge is 0.348 e. The minimum Gasteiger partial charge on any atom is -0.478 e. The highest BCUT2D eigenvalue weighted by Gasteiger charge is 2.85. The first-order valence-corrected chi connectivity index (χ1v) is 16.0. The number of allylic oxidation sites excluding steroid dienone is 2. The van der Waals surface area contributed by atoms with Crippen LogP contribution in [0.1, 0.15) is 20.3 Å². The van der Waals surface area contributed by atoms with Gasteiger partial charge in [-0.3, -0.25) is 4.79 Å². The van der Waals surface area contributed by atoms with Crippen LogP contribution in [0.5, 0.6) is 5.75 Å². The standard InChI is InChI=1S/C33H40O15/c1-13-15-9-18-32-12-44-33(30(42)43-3,26(32)24(28(41)48-18)45-14-7-5-4-6-8-14)27(40)23(39)25(32)31(15,2)10-16(19(13)35)46-29-22(38)21(37)20(36)17(11-34)47-29/h4-8,10,13,15,17-18,20-27,29,34,36-40H,9,11-12H2,1-3H3/t13?,15?,17-,18?,20-,21-,22-,23-,24-,25?,26-,27?,29-,31+,32?,33+/m1/s1. The number of rotatable bonds is 6. The summed E-state index contributed by atoms with van der Waals surface area (Å²) in [7, 11) is 1.11. The van der Waals surface area contributed by atoms with Gasteiger partial charge in [-0.1, -0.05) is 32.0 Å². The average Bonchev–Trinajstić information content (AvgIpc) is 3.38. The normalized spacial score (nSPS) is 49.2. The molecule has 15 nitrogen and oxygen atoms in total. The molecule has 3 heterocycles. The van der Waals surface area contributed by atoms with E-state index in [1.807, 2.05) is 0 Å². The number of carbonyl (C=O) groups is 3. The Morgan fingerprint density at radius 3 is 2.35 bits per heavy atom. The van der Waals surface area contributed by atoms with E-state index < -0.39 is 120 Å². The summed E-state index contributed by atoms with van der Waals surface area (Å²) < 4.78 is 35.0. The first kappa shape index (κ1) is 33.4. The maximum absolute atomic E-state index is 13.8. The lowest BCUT2D eigenvalue weighted by atomic mass is 9.38. The van der Waals surface area contributed by atoms with E-state index in [0.29, 0.717) is 0 Å². The van der Waals surface area contributed by atoms with Crippen LogP contribution in [0.2, 0.25) is 0 Å². The lowest BCUT2D eigenvalue weighted by Crippen LogP contribution is -2.79. The van der Waals surface area contributed by atoms with E-state index in [-0.39, 0.29) is 24.5 Å². The highest BCUT2D eigenvalue weighted by molar-refractivity contribution is 5.96. The second kappa shape index (κ2) is 11.5. The lowest BCUT2D eigenvalue weighted by Gasteiger charge is -2.67. The quantitative estimate of drug-likeness (QED) is 0.183. The molecule has 15 heteroatoms. The minimum atomic E-state index is -2.21. The summed E-state index contributed by atoms with van der Waals surface area (Å²) in [5.41, 5.74) is -4.75. The van der Waals surface area contributed by atoms with Crippen LogP contribution in [0.15, 0.2) is 42.2 Å². The first-order chi connectivity index (χ1) is 22.8. The molecular weight excluding hydrogens is 636 g/mol. The zero-order valence-electron chi connectivity index (χ0n) is 26.4. The fraction of sp³-hybridized carbons (Fsp3) is 0.667. The Morgan fingerprint density at radius 2 is 1.69 bits per heavy atom. The van der Waals surface area contributed by atoms with Gasteiger partial charge in [-0.25, -0.2) is 9.59 Å². The van der Waals surface area contributed by atoms with Crippen molar-refractivity contribution in [2.24, 2.45) is 34.5 Å². The summed E-state index contributed by atoms with van der Waals surface area (Å²) in [6.45, 7) is 2.47. The number of benzene rings is 1. The summed E-state index contributed by atoms with van der Waals surface area (Å²) >= 11 is 0. The maximum atomic E-state index is 13.8. The molecule has 2 saturated carbocycles. The number of methoxy groups -OCH3 is 1. The van der Waals surface area contributed by atoms with Gasteiger partial charge in [0.15, 0.2) is 11.5 Å². The first-order valence-electron chi connectivity index (χ1n) is 16.0. The van der Waals surface area contributed by atoms with Crippen molar-refractivity contribution in [1.29, 1.82) is 0 Å². The van der Waals surface area contributed by atoms with Crippen molar-refractivity contribution in [2.45, 2.75) is 81.0 Å². The van der Waals surface area contributed by atoms with Gasteiger partial charge in [-0.05, 0) is 36.0 Å². The van der Waals surface area contributed by atoms with Gasteiger partial charge in [-0.2, -0.15) is 0 Å². The van der Waals surface area contributed by atoms with Crippen molar-refractivity contribution in [2.75, 3.05) is 20.3 Å². The largest absolute Gasteiger partial charge is 0.478 e. The molecule has 262 valence electrons. The van der Waals surface area contributed by atoms with E-state index in [1.165, 1.54) is 6.08 Å². The Labute approximate surface area is 274 Å². The highest BCUT2D eigenvalue weighted by atomic mass is 16.7. The predicted octanol–water partition coefficient (Wildman–Crippen LogP) is -1.80. The van der Waals surface area contributed by atoms with Crippen molar-refractivity contribution in [3.05, 3.63) is 42.2 Å². The molecule has 0 radical (unpaired) electrons. The van der Waals surface area contributed by atoms with Gasteiger partial charge in [0.25, 0.3) is 0 Å². The van der Waals surface area contributed by atoms with E-state index in [1.54, 1.807) is 44.2 Å². The van der Waals surface area contributed by atoms with Crippen LogP contribution in [-0.2, 0) is 38.1 Å². The number of fused-ring (bicyclic) bond motifs is 2. The third-order valence-electron chi connectivity index (χ3n) is 11.9. The number of carbonyl (C=O) groups excluding carboxylic acids is 3. The SMILES string of the molecule is COC(=O)[C@@]12OCC34C(CC5C(C)C(=O)C(O[C@@H]6O[C@H](CO)[C@@H](O)[C@@H](O)[C@H]6O)=C[C@]5(C)C3[C@@H](O)C1O)OC(=O)[C@H](Oc1ccccc1)[C@H]42. The summed E-state index contributed by atoms with van der Waals surface area (Å²) in [6, 6.07) is 8.39. The van der Waals surface area contributed by atoms with Crippen molar-refractivity contribution >= 4 is 17.7 Å². The second-order valence-electron chi connectivity index (χ2n) is 14.0. The monoisotopic (exact) mass is 676 g/mol. The summed E-state index contributed by atoms with van der Waals surface area (Å²) in [5.74, 6) is -5.91. The molecule has 6 unspecified atom stereocenters. The third kappa shape index (κ3) is 4.25. The maximum Gasteiger partial charge on any atom is 0.348 e. The van der Waals surface area contributed by atoms with E-state index in [2.05, 4.69) is 0 Å². The molecule has 5 fully saturated rings. The predicted molar refractivity (Wildman–Crippen MR) is 156 cm³/mol. The molecule has 6 N–H and O–H groups in total. The zero-order valence-corrected chi connectivity index (χ0v) is 26.4. The Kier molecular flexibility index (Phi) is 7.96. The number of Topliss-reactive ketones (excluding diaryl/α,β-unsaturated/α-hetero) is 1. The van der Waals surface area contributed by atoms with Gasteiger partial charge in [0.1, 0.15) is 42.4 Å². The Hall–Kier alpha value is -3.15. The number of hydrogen-bond donors (Lipinski definition) is 6. The topological polar surface area (TPSA) is 228 Å². The summed E-state index contributed by atoms with van der Waals surface area (Å²) in [5, 5.41) is 64.8. The number of esters is 2. The summed E-state index contributed by atoms with van der Waals surface area (Å²) in [6.07, 6.45) is -12.6. The Morgan fingerprint density at radius 1 is 0.979 bits per heavy atom. The minimum absolute atomic E-state index is 0.119.